The molecule has 1 atom stereocenters. The minimum absolute atomic E-state index is 0.115. The normalized spacial score (nSPS) is 18.2. The van der Waals surface area contributed by atoms with Crippen LogP contribution in [0, 0.1) is 0 Å². The summed E-state index contributed by atoms with van der Waals surface area (Å²) < 4.78 is 0. The van der Waals surface area contributed by atoms with Gasteiger partial charge in [-0.05, 0) is 25.0 Å². The molecular formula is C14H23N5O. The highest BCUT2D eigenvalue weighted by Gasteiger charge is 2.32. The first-order valence-electron chi connectivity index (χ1n) is 6.83. The number of nitrogen functional groups attached to an aromatic ring is 1. The predicted octanol–water partition coefficient (Wildman–Crippen LogP) is 0.787. The molecule has 2 N–H and O–H groups in total. The highest BCUT2D eigenvalue weighted by molar-refractivity contribution is 5.85. The smallest absolute Gasteiger partial charge is 0.244 e. The summed E-state index contributed by atoms with van der Waals surface area (Å²) in [6.07, 6.45) is 1.88. The second-order valence-corrected chi connectivity index (χ2v) is 5.56. The molecule has 0 saturated carbocycles. The first-order valence-corrected chi connectivity index (χ1v) is 6.83. The molecule has 1 saturated heterocycles. The number of pyridine rings is 1. The Kier molecular flexibility index (Phi) is 4.01. The molecule has 1 fully saturated rings. The molecule has 1 amide bonds. The number of likely N-dealkylation sites (N-methyl/N-ethyl adjacent to an activating group) is 1. The van der Waals surface area contributed by atoms with Gasteiger partial charge in [-0.1, -0.05) is 0 Å². The standard InChI is InChI=1S/C14H23N5O/c1-17(2)13-10(15)7-8-12(16-13)19-9-5-6-11(19)14(20)18(3)4/h7-8,11H,5-6,9,15H2,1-4H3. The average molecular weight is 277 g/mol. The lowest BCUT2D eigenvalue weighted by atomic mass is 10.2. The number of nitrogens with zero attached hydrogens (tertiary/aromatic N) is 4. The highest BCUT2D eigenvalue weighted by atomic mass is 16.2. The Hall–Kier alpha value is -1.98. The van der Waals surface area contributed by atoms with Crippen LogP contribution in [0.15, 0.2) is 12.1 Å². The van der Waals surface area contributed by atoms with Crippen LogP contribution in [-0.2, 0) is 4.79 Å². The summed E-state index contributed by atoms with van der Waals surface area (Å²) in [6, 6.07) is 3.63. The fraction of sp³-hybridized carbons (Fsp3) is 0.571. The summed E-state index contributed by atoms with van der Waals surface area (Å²) in [5, 5.41) is 0. The van der Waals surface area contributed by atoms with Gasteiger partial charge in [0.25, 0.3) is 0 Å². The van der Waals surface area contributed by atoms with Crippen molar-refractivity contribution in [1.29, 1.82) is 0 Å². The molecular weight excluding hydrogens is 254 g/mol. The van der Waals surface area contributed by atoms with Crippen LogP contribution in [0.25, 0.3) is 0 Å². The van der Waals surface area contributed by atoms with Gasteiger partial charge in [-0.25, -0.2) is 4.98 Å². The van der Waals surface area contributed by atoms with Crippen LogP contribution in [0.4, 0.5) is 17.3 Å². The Morgan fingerprint density at radius 2 is 2.05 bits per heavy atom. The molecule has 2 rings (SSSR count). The van der Waals surface area contributed by atoms with E-state index >= 15 is 0 Å². The van der Waals surface area contributed by atoms with Gasteiger partial charge >= 0.3 is 0 Å². The van der Waals surface area contributed by atoms with E-state index in [1.165, 1.54) is 0 Å². The van der Waals surface area contributed by atoms with Crippen LogP contribution >= 0.6 is 0 Å². The summed E-state index contributed by atoms with van der Waals surface area (Å²) in [7, 11) is 7.41. The van der Waals surface area contributed by atoms with Crippen LogP contribution in [0.1, 0.15) is 12.8 Å². The van der Waals surface area contributed by atoms with E-state index < -0.39 is 0 Å². The van der Waals surface area contributed by atoms with Crippen LogP contribution in [0.2, 0.25) is 0 Å². The third kappa shape index (κ3) is 2.64. The highest BCUT2D eigenvalue weighted by Crippen LogP contribution is 2.28. The van der Waals surface area contributed by atoms with E-state index in [4.69, 9.17) is 5.73 Å². The zero-order valence-electron chi connectivity index (χ0n) is 12.6. The van der Waals surface area contributed by atoms with E-state index in [1.807, 2.05) is 31.1 Å². The number of carbonyl (C=O) groups is 1. The van der Waals surface area contributed by atoms with E-state index in [1.54, 1.807) is 19.0 Å². The van der Waals surface area contributed by atoms with Gasteiger partial charge in [0.1, 0.15) is 11.9 Å². The SMILES string of the molecule is CN(C)C(=O)C1CCCN1c1ccc(N)c(N(C)C)n1. The minimum Gasteiger partial charge on any atom is -0.396 e. The lowest BCUT2D eigenvalue weighted by molar-refractivity contribution is -0.129. The van der Waals surface area contributed by atoms with Gasteiger partial charge in [0.05, 0.1) is 5.69 Å². The van der Waals surface area contributed by atoms with Crippen LogP contribution in [0.3, 0.4) is 0 Å². The quantitative estimate of drug-likeness (QED) is 0.884. The maximum Gasteiger partial charge on any atom is 0.244 e. The number of anilines is 3. The van der Waals surface area contributed by atoms with Crippen molar-refractivity contribution in [3.8, 4) is 0 Å². The molecule has 110 valence electrons. The Bertz CT molecular complexity index is 500. The van der Waals surface area contributed by atoms with E-state index in [2.05, 4.69) is 9.88 Å². The zero-order chi connectivity index (χ0) is 14.9. The van der Waals surface area contributed by atoms with Gasteiger partial charge in [0, 0.05) is 34.7 Å². The van der Waals surface area contributed by atoms with Crippen molar-refractivity contribution in [2.45, 2.75) is 18.9 Å². The molecule has 1 aromatic rings. The summed E-state index contributed by atoms with van der Waals surface area (Å²) in [5.41, 5.74) is 6.58. The second-order valence-electron chi connectivity index (χ2n) is 5.56. The minimum atomic E-state index is -0.115. The topological polar surface area (TPSA) is 65.7 Å². The van der Waals surface area contributed by atoms with Gasteiger partial charge in [0.2, 0.25) is 5.91 Å². The van der Waals surface area contributed by atoms with Gasteiger partial charge in [-0.3, -0.25) is 4.79 Å². The number of amides is 1. The van der Waals surface area contributed by atoms with Gasteiger partial charge < -0.3 is 20.4 Å². The molecule has 0 aliphatic carbocycles. The van der Waals surface area contributed by atoms with E-state index in [0.717, 1.165) is 31.0 Å². The third-order valence-corrected chi connectivity index (χ3v) is 3.59. The average Bonchev–Trinajstić information content (AvgIpc) is 2.87. The zero-order valence-corrected chi connectivity index (χ0v) is 12.6. The first-order chi connectivity index (χ1) is 9.41. The largest absolute Gasteiger partial charge is 0.396 e. The van der Waals surface area contributed by atoms with Crippen LogP contribution in [-0.4, -0.2) is 56.6 Å². The van der Waals surface area contributed by atoms with Crippen molar-refractivity contribution in [3.63, 3.8) is 0 Å². The first kappa shape index (κ1) is 14.4. The fourth-order valence-corrected chi connectivity index (χ4v) is 2.56. The van der Waals surface area contributed by atoms with Gasteiger partial charge in [-0.15, -0.1) is 0 Å². The Labute approximate surface area is 120 Å². The number of hydrogen-bond acceptors (Lipinski definition) is 5. The van der Waals surface area contributed by atoms with Crippen molar-refractivity contribution in [1.82, 2.24) is 9.88 Å². The fourth-order valence-electron chi connectivity index (χ4n) is 2.56. The molecule has 0 bridgehead atoms. The van der Waals surface area contributed by atoms with Crippen LogP contribution < -0.4 is 15.5 Å². The lowest BCUT2D eigenvalue weighted by Gasteiger charge is -2.28. The molecule has 2 heterocycles. The summed E-state index contributed by atoms with van der Waals surface area (Å²) in [5.74, 6) is 1.69. The molecule has 0 aromatic carbocycles. The summed E-state index contributed by atoms with van der Waals surface area (Å²) >= 11 is 0. The molecule has 1 aliphatic rings. The Morgan fingerprint density at radius 3 is 2.65 bits per heavy atom. The van der Waals surface area contributed by atoms with E-state index in [9.17, 15) is 4.79 Å². The molecule has 1 aromatic heterocycles. The number of aromatic nitrogens is 1. The van der Waals surface area contributed by atoms with Gasteiger partial charge in [-0.2, -0.15) is 0 Å². The monoisotopic (exact) mass is 277 g/mol. The summed E-state index contributed by atoms with van der Waals surface area (Å²) in [4.78, 5) is 22.4. The van der Waals surface area contributed by atoms with Crippen molar-refractivity contribution < 1.29 is 4.79 Å². The predicted molar refractivity (Wildman–Crippen MR) is 82.0 cm³/mol. The van der Waals surface area contributed by atoms with Crippen molar-refractivity contribution in [3.05, 3.63) is 12.1 Å². The molecule has 1 aliphatic heterocycles. The number of hydrogen-bond donors (Lipinski definition) is 1. The van der Waals surface area contributed by atoms with Gasteiger partial charge in [0.15, 0.2) is 5.82 Å². The molecule has 0 spiro atoms. The second kappa shape index (κ2) is 5.56. The third-order valence-electron chi connectivity index (χ3n) is 3.59. The van der Waals surface area contributed by atoms with Crippen LogP contribution in [0.5, 0.6) is 0 Å². The molecule has 0 radical (unpaired) electrons. The maximum absolute atomic E-state index is 12.2. The van der Waals surface area contributed by atoms with Crippen molar-refractivity contribution >= 4 is 23.2 Å². The van der Waals surface area contributed by atoms with E-state index in [0.29, 0.717) is 5.69 Å². The summed E-state index contributed by atoms with van der Waals surface area (Å²) in [6.45, 7) is 0.855. The lowest BCUT2D eigenvalue weighted by Crippen LogP contribution is -2.43. The molecule has 1 unspecified atom stereocenters. The number of carbonyl (C=O) groups excluding carboxylic acids is 1. The molecule has 6 nitrogen and oxygen atoms in total. The van der Waals surface area contributed by atoms with Crippen molar-refractivity contribution in [2.24, 2.45) is 0 Å². The Balaban J connectivity index is 2.31. The maximum atomic E-state index is 12.2. The molecule has 6 heteroatoms. The van der Waals surface area contributed by atoms with Crippen molar-refractivity contribution in [2.75, 3.05) is 50.3 Å². The number of rotatable bonds is 3. The number of nitrogens with two attached hydrogens (primary N) is 1. The molecule has 20 heavy (non-hydrogen) atoms. The van der Waals surface area contributed by atoms with E-state index in [-0.39, 0.29) is 11.9 Å². The Morgan fingerprint density at radius 1 is 1.35 bits per heavy atom.